The number of halogens is 1. The van der Waals surface area contributed by atoms with E-state index in [9.17, 15) is 0 Å². The number of benzene rings is 1. The lowest BCUT2D eigenvalue weighted by atomic mass is 10.1. The first-order chi connectivity index (χ1) is 9.42. The number of aromatic nitrogens is 2. The van der Waals surface area contributed by atoms with Crippen molar-refractivity contribution in [2.75, 3.05) is 0 Å². The molecule has 2 rings (SSSR count). The van der Waals surface area contributed by atoms with E-state index in [0.717, 1.165) is 28.3 Å². The summed E-state index contributed by atoms with van der Waals surface area (Å²) in [6.07, 6.45) is 1.91. The van der Waals surface area contributed by atoms with Crippen molar-refractivity contribution >= 4 is 27.7 Å². The van der Waals surface area contributed by atoms with E-state index >= 15 is 0 Å². The Hall–Kier alpha value is -0.780. The van der Waals surface area contributed by atoms with Gasteiger partial charge in [-0.2, -0.15) is 0 Å². The summed E-state index contributed by atoms with van der Waals surface area (Å²) < 4.78 is 1.11. The molecule has 0 atom stereocenters. The van der Waals surface area contributed by atoms with Crippen LogP contribution in [0.2, 0.25) is 0 Å². The fourth-order valence-electron chi connectivity index (χ4n) is 1.64. The number of rotatable bonds is 5. The van der Waals surface area contributed by atoms with Crippen molar-refractivity contribution in [1.29, 1.82) is 0 Å². The lowest BCUT2D eigenvalue weighted by Gasteiger charge is -2.19. The van der Waals surface area contributed by atoms with Gasteiger partial charge in [-0.05, 0) is 39.0 Å². The number of hydrogen-bond donors (Lipinski definition) is 2. The highest BCUT2D eigenvalue weighted by molar-refractivity contribution is 9.10. The third-order valence-electron chi connectivity index (χ3n) is 2.66. The van der Waals surface area contributed by atoms with Gasteiger partial charge < -0.3 is 10.3 Å². The maximum Gasteiger partial charge on any atom is 0.116 e. The third kappa shape index (κ3) is 5.31. The van der Waals surface area contributed by atoms with Crippen molar-refractivity contribution in [3.63, 3.8) is 0 Å². The number of thioether (sulfide) groups is 1. The minimum Gasteiger partial charge on any atom is -0.344 e. The van der Waals surface area contributed by atoms with Gasteiger partial charge in [0.15, 0.2) is 0 Å². The van der Waals surface area contributed by atoms with Gasteiger partial charge in [-0.25, -0.2) is 4.98 Å². The number of imidazole rings is 1. The average molecular weight is 354 g/mol. The highest BCUT2D eigenvalue weighted by Gasteiger charge is 2.09. The fourth-order valence-corrected chi connectivity index (χ4v) is 3.02. The molecule has 0 saturated carbocycles. The van der Waals surface area contributed by atoms with Gasteiger partial charge in [-0.1, -0.05) is 22.0 Å². The summed E-state index contributed by atoms with van der Waals surface area (Å²) in [6.45, 7) is 7.30. The van der Waals surface area contributed by atoms with Gasteiger partial charge in [0.1, 0.15) is 5.82 Å². The van der Waals surface area contributed by atoms with Crippen molar-refractivity contribution in [3.05, 3.63) is 46.5 Å². The Bertz CT molecular complexity index is 560. The Morgan fingerprint density at radius 2 is 2.15 bits per heavy atom. The van der Waals surface area contributed by atoms with Crippen molar-refractivity contribution in [2.24, 2.45) is 0 Å². The van der Waals surface area contributed by atoms with Gasteiger partial charge in [0.2, 0.25) is 0 Å². The zero-order valence-electron chi connectivity index (χ0n) is 12.0. The van der Waals surface area contributed by atoms with E-state index in [1.807, 2.05) is 18.3 Å². The van der Waals surface area contributed by atoms with Gasteiger partial charge in [0.05, 0.1) is 5.75 Å². The predicted octanol–water partition coefficient (Wildman–Crippen LogP) is 4.35. The van der Waals surface area contributed by atoms with Gasteiger partial charge in [0.25, 0.3) is 0 Å². The van der Waals surface area contributed by atoms with E-state index in [4.69, 9.17) is 0 Å². The summed E-state index contributed by atoms with van der Waals surface area (Å²) in [5.74, 6) is 1.87. The van der Waals surface area contributed by atoms with Crippen LogP contribution < -0.4 is 5.32 Å². The number of nitrogens with zero attached hydrogens (tertiary/aromatic N) is 1. The molecule has 0 spiro atoms. The minimum absolute atomic E-state index is 0.121. The molecule has 0 radical (unpaired) electrons. The molecule has 0 fully saturated rings. The topological polar surface area (TPSA) is 40.7 Å². The van der Waals surface area contributed by atoms with Crippen LogP contribution in [0.3, 0.4) is 0 Å². The van der Waals surface area contributed by atoms with E-state index in [0.29, 0.717) is 0 Å². The second kappa shape index (κ2) is 6.78. The summed E-state index contributed by atoms with van der Waals surface area (Å²) in [6, 6.07) is 8.32. The lowest BCUT2D eigenvalue weighted by molar-refractivity contribution is 0.421. The van der Waals surface area contributed by atoms with E-state index in [1.54, 1.807) is 11.8 Å². The molecule has 0 saturated heterocycles. The van der Waals surface area contributed by atoms with Gasteiger partial charge >= 0.3 is 0 Å². The second-order valence-electron chi connectivity index (χ2n) is 5.70. The summed E-state index contributed by atoms with van der Waals surface area (Å²) in [4.78, 5) is 9.03. The van der Waals surface area contributed by atoms with Gasteiger partial charge in [-0.3, -0.25) is 0 Å². The van der Waals surface area contributed by atoms with Gasteiger partial charge in [0, 0.05) is 33.3 Å². The molecule has 108 valence electrons. The highest BCUT2D eigenvalue weighted by atomic mass is 79.9. The molecular formula is C15H20BrN3S. The molecule has 1 aromatic carbocycles. The smallest absolute Gasteiger partial charge is 0.116 e. The quantitative estimate of drug-likeness (QED) is 0.784. The Morgan fingerprint density at radius 3 is 2.85 bits per heavy atom. The standard InChI is InChI=1S/C15H20BrN3S/c1-15(2,3)18-9-12-8-17-14(19-12)10-20-13-6-4-5-11(16)7-13/h4-8,18H,9-10H2,1-3H3,(H,17,19). The van der Waals surface area contributed by atoms with Crippen LogP contribution in [0.25, 0.3) is 0 Å². The highest BCUT2D eigenvalue weighted by Crippen LogP contribution is 2.24. The Balaban J connectivity index is 1.87. The molecule has 5 heteroatoms. The summed E-state index contributed by atoms with van der Waals surface area (Å²) in [7, 11) is 0. The molecule has 1 aromatic heterocycles. The summed E-state index contributed by atoms with van der Waals surface area (Å²) >= 11 is 5.27. The molecule has 3 nitrogen and oxygen atoms in total. The minimum atomic E-state index is 0.121. The number of nitrogens with one attached hydrogen (secondary N) is 2. The molecule has 1 heterocycles. The van der Waals surface area contributed by atoms with Gasteiger partial charge in [-0.15, -0.1) is 11.8 Å². The average Bonchev–Trinajstić information content (AvgIpc) is 2.81. The lowest BCUT2D eigenvalue weighted by Crippen LogP contribution is -2.35. The van der Waals surface area contributed by atoms with Crippen LogP contribution in [-0.2, 0) is 12.3 Å². The van der Waals surface area contributed by atoms with E-state index in [1.165, 1.54) is 4.90 Å². The number of H-pyrrole nitrogens is 1. The first-order valence-electron chi connectivity index (χ1n) is 6.58. The molecule has 2 aromatic rings. The van der Waals surface area contributed by atoms with Crippen molar-refractivity contribution in [1.82, 2.24) is 15.3 Å². The molecule has 0 amide bonds. The van der Waals surface area contributed by atoms with Crippen molar-refractivity contribution in [3.8, 4) is 0 Å². The first kappa shape index (κ1) is 15.6. The maximum atomic E-state index is 4.43. The van der Waals surface area contributed by atoms with E-state index in [2.05, 4.69) is 64.1 Å². The van der Waals surface area contributed by atoms with Crippen LogP contribution in [0, 0.1) is 0 Å². The number of hydrogen-bond acceptors (Lipinski definition) is 3. The maximum absolute atomic E-state index is 4.43. The van der Waals surface area contributed by atoms with Crippen molar-refractivity contribution in [2.45, 2.75) is 43.5 Å². The molecule has 0 aliphatic rings. The monoisotopic (exact) mass is 353 g/mol. The first-order valence-corrected chi connectivity index (χ1v) is 8.36. The van der Waals surface area contributed by atoms with Crippen LogP contribution in [-0.4, -0.2) is 15.5 Å². The normalized spacial score (nSPS) is 11.8. The molecule has 2 N–H and O–H groups in total. The van der Waals surface area contributed by atoms with Crippen LogP contribution in [0.4, 0.5) is 0 Å². The van der Waals surface area contributed by atoms with Crippen LogP contribution in [0.5, 0.6) is 0 Å². The van der Waals surface area contributed by atoms with Crippen LogP contribution in [0.1, 0.15) is 32.3 Å². The SMILES string of the molecule is CC(C)(C)NCc1cnc(CSc2cccc(Br)c2)[nH]1. The predicted molar refractivity (Wildman–Crippen MR) is 88.9 cm³/mol. The second-order valence-corrected chi connectivity index (χ2v) is 7.67. The molecule has 0 aliphatic heterocycles. The molecular weight excluding hydrogens is 334 g/mol. The fraction of sp³-hybridized carbons (Fsp3) is 0.400. The number of aromatic amines is 1. The molecule has 0 unspecified atom stereocenters. The molecule has 0 bridgehead atoms. The van der Waals surface area contributed by atoms with E-state index in [-0.39, 0.29) is 5.54 Å². The third-order valence-corrected chi connectivity index (χ3v) is 4.16. The zero-order valence-corrected chi connectivity index (χ0v) is 14.4. The molecule has 0 aliphatic carbocycles. The van der Waals surface area contributed by atoms with Crippen molar-refractivity contribution < 1.29 is 0 Å². The van der Waals surface area contributed by atoms with Crippen LogP contribution >= 0.6 is 27.7 Å². The Morgan fingerprint density at radius 1 is 1.35 bits per heavy atom. The van der Waals surface area contributed by atoms with E-state index < -0.39 is 0 Å². The zero-order chi connectivity index (χ0) is 14.6. The Labute approximate surface area is 133 Å². The van der Waals surface area contributed by atoms with Crippen LogP contribution in [0.15, 0.2) is 39.8 Å². The largest absolute Gasteiger partial charge is 0.344 e. The Kier molecular flexibility index (Phi) is 5.29. The summed E-state index contributed by atoms with van der Waals surface area (Å²) in [5.41, 5.74) is 1.25. The molecule has 20 heavy (non-hydrogen) atoms. The summed E-state index contributed by atoms with van der Waals surface area (Å²) in [5, 5.41) is 3.45.